The molecule has 0 saturated heterocycles. The van der Waals surface area contributed by atoms with Gasteiger partial charge < -0.3 is 5.32 Å². The second-order valence-corrected chi connectivity index (χ2v) is 8.41. The fourth-order valence-corrected chi connectivity index (χ4v) is 3.33. The first-order valence-electron chi connectivity index (χ1n) is 7.10. The molecular weight excluding hydrogens is 298 g/mol. The molecular formula is C17H28BrN. The van der Waals surface area contributed by atoms with Crippen LogP contribution in [0.15, 0.2) is 28.7 Å². The molecule has 0 aromatic heterocycles. The number of hydrogen-bond donors (Lipinski definition) is 1. The van der Waals surface area contributed by atoms with E-state index in [9.17, 15) is 0 Å². The molecule has 0 heterocycles. The first-order chi connectivity index (χ1) is 8.57. The SMILES string of the molecule is CC(Cc1ccc(Br)cc1)NC(C)(C)CC(C)(C)C. The molecule has 0 fully saturated rings. The molecule has 1 N–H and O–H groups in total. The van der Waals surface area contributed by atoms with E-state index in [-0.39, 0.29) is 5.54 Å². The van der Waals surface area contributed by atoms with E-state index in [1.54, 1.807) is 0 Å². The third-order valence-electron chi connectivity index (χ3n) is 3.06. The molecule has 0 aliphatic rings. The van der Waals surface area contributed by atoms with Crippen molar-refractivity contribution in [2.24, 2.45) is 5.41 Å². The van der Waals surface area contributed by atoms with Crippen molar-refractivity contribution in [1.82, 2.24) is 5.32 Å². The summed E-state index contributed by atoms with van der Waals surface area (Å²) in [6.07, 6.45) is 2.24. The number of halogens is 1. The van der Waals surface area contributed by atoms with Crippen LogP contribution in [-0.4, -0.2) is 11.6 Å². The third kappa shape index (κ3) is 7.12. The van der Waals surface area contributed by atoms with Gasteiger partial charge in [-0.15, -0.1) is 0 Å². The predicted octanol–water partition coefficient (Wildman–Crippen LogP) is 5.18. The standard InChI is InChI=1S/C17H28BrN/c1-13(11-14-7-9-15(18)10-8-14)19-17(5,6)12-16(2,3)4/h7-10,13,19H,11-12H2,1-6H3. The molecule has 0 radical (unpaired) electrons. The molecule has 0 bridgehead atoms. The molecule has 1 aromatic rings. The number of nitrogens with one attached hydrogen (secondary N) is 1. The fourth-order valence-electron chi connectivity index (χ4n) is 3.07. The summed E-state index contributed by atoms with van der Waals surface area (Å²) in [4.78, 5) is 0. The summed E-state index contributed by atoms with van der Waals surface area (Å²) in [6.45, 7) is 13.8. The summed E-state index contributed by atoms with van der Waals surface area (Å²) in [5, 5.41) is 3.76. The molecule has 1 aromatic carbocycles. The molecule has 1 rings (SSSR count). The van der Waals surface area contributed by atoms with Crippen molar-refractivity contribution in [3.05, 3.63) is 34.3 Å². The molecule has 1 nitrogen and oxygen atoms in total. The Morgan fingerprint density at radius 3 is 2.05 bits per heavy atom. The van der Waals surface area contributed by atoms with Gasteiger partial charge >= 0.3 is 0 Å². The Labute approximate surface area is 127 Å². The van der Waals surface area contributed by atoms with Crippen LogP contribution in [0.1, 0.15) is 53.5 Å². The van der Waals surface area contributed by atoms with E-state index in [4.69, 9.17) is 0 Å². The van der Waals surface area contributed by atoms with Crippen LogP contribution in [0.5, 0.6) is 0 Å². The Morgan fingerprint density at radius 1 is 1.05 bits per heavy atom. The Morgan fingerprint density at radius 2 is 1.58 bits per heavy atom. The van der Waals surface area contributed by atoms with Crippen LogP contribution in [0.2, 0.25) is 0 Å². The molecule has 108 valence electrons. The fraction of sp³-hybridized carbons (Fsp3) is 0.647. The van der Waals surface area contributed by atoms with Gasteiger partial charge in [-0.1, -0.05) is 48.8 Å². The Bertz CT molecular complexity index is 387. The van der Waals surface area contributed by atoms with Crippen LogP contribution in [0.25, 0.3) is 0 Å². The molecule has 19 heavy (non-hydrogen) atoms. The van der Waals surface area contributed by atoms with E-state index >= 15 is 0 Å². The first-order valence-corrected chi connectivity index (χ1v) is 7.89. The van der Waals surface area contributed by atoms with Crippen LogP contribution in [0, 0.1) is 5.41 Å². The van der Waals surface area contributed by atoms with Gasteiger partial charge in [0.25, 0.3) is 0 Å². The first kappa shape index (κ1) is 16.7. The van der Waals surface area contributed by atoms with E-state index in [0.29, 0.717) is 11.5 Å². The Balaban J connectivity index is 2.54. The van der Waals surface area contributed by atoms with Crippen molar-refractivity contribution in [2.75, 3.05) is 0 Å². The second kappa shape index (κ2) is 6.41. The zero-order valence-corrected chi connectivity index (χ0v) is 14.8. The average Bonchev–Trinajstić information content (AvgIpc) is 2.16. The van der Waals surface area contributed by atoms with Gasteiger partial charge in [-0.2, -0.15) is 0 Å². The third-order valence-corrected chi connectivity index (χ3v) is 3.59. The lowest BCUT2D eigenvalue weighted by Gasteiger charge is -2.36. The van der Waals surface area contributed by atoms with Crippen molar-refractivity contribution < 1.29 is 0 Å². The average molecular weight is 326 g/mol. The molecule has 0 amide bonds. The highest BCUT2D eigenvalue weighted by atomic mass is 79.9. The Hall–Kier alpha value is -0.340. The van der Waals surface area contributed by atoms with Gasteiger partial charge in [-0.25, -0.2) is 0 Å². The van der Waals surface area contributed by atoms with Crippen molar-refractivity contribution in [2.45, 2.75) is 66.0 Å². The van der Waals surface area contributed by atoms with Gasteiger partial charge in [0.05, 0.1) is 0 Å². The lowest BCUT2D eigenvalue weighted by molar-refractivity contribution is 0.226. The zero-order chi connectivity index (χ0) is 14.7. The summed E-state index contributed by atoms with van der Waals surface area (Å²) < 4.78 is 1.14. The van der Waals surface area contributed by atoms with Crippen LogP contribution >= 0.6 is 15.9 Å². The molecule has 0 saturated carbocycles. The lowest BCUT2D eigenvalue weighted by Crippen LogP contribution is -2.47. The van der Waals surface area contributed by atoms with Gasteiger partial charge in [-0.3, -0.25) is 0 Å². The summed E-state index contributed by atoms with van der Waals surface area (Å²) in [5.41, 5.74) is 1.91. The highest BCUT2D eigenvalue weighted by Crippen LogP contribution is 2.27. The number of hydrogen-bond acceptors (Lipinski definition) is 1. The highest BCUT2D eigenvalue weighted by Gasteiger charge is 2.26. The molecule has 0 aliphatic carbocycles. The van der Waals surface area contributed by atoms with Crippen molar-refractivity contribution in [3.63, 3.8) is 0 Å². The summed E-state index contributed by atoms with van der Waals surface area (Å²) >= 11 is 3.48. The van der Waals surface area contributed by atoms with Crippen LogP contribution in [0.3, 0.4) is 0 Å². The van der Waals surface area contributed by atoms with Crippen molar-refractivity contribution >= 4 is 15.9 Å². The monoisotopic (exact) mass is 325 g/mol. The molecule has 1 unspecified atom stereocenters. The maximum atomic E-state index is 3.76. The topological polar surface area (TPSA) is 12.0 Å². The largest absolute Gasteiger partial charge is 0.309 e. The lowest BCUT2D eigenvalue weighted by atomic mass is 9.81. The van der Waals surface area contributed by atoms with E-state index in [1.807, 2.05) is 0 Å². The minimum atomic E-state index is 0.174. The molecule has 2 heteroatoms. The van der Waals surface area contributed by atoms with Gasteiger partial charge in [0.1, 0.15) is 0 Å². The van der Waals surface area contributed by atoms with Gasteiger partial charge in [-0.05, 0) is 56.7 Å². The minimum absolute atomic E-state index is 0.174. The molecule has 0 aliphatic heterocycles. The zero-order valence-electron chi connectivity index (χ0n) is 13.2. The molecule has 1 atom stereocenters. The number of benzene rings is 1. The minimum Gasteiger partial charge on any atom is -0.309 e. The van der Waals surface area contributed by atoms with Crippen LogP contribution < -0.4 is 5.32 Å². The summed E-state index contributed by atoms with van der Waals surface area (Å²) in [6, 6.07) is 9.10. The maximum Gasteiger partial charge on any atom is 0.0175 e. The smallest absolute Gasteiger partial charge is 0.0175 e. The van der Waals surface area contributed by atoms with Gasteiger partial charge in [0.15, 0.2) is 0 Å². The predicted molar refractivity (Wildman–Crippen MR) is 88.6 cm³/mol. The van der Waals surface area contributed by atoms with E-state index in [1.165, 1.54) is 12.0 Å². The summed E-state index contributed by atoms with van der Waals surface area (Å²) in [5.74, 6) is 0. The van der Waals surface area contributed by atoms with E-state index in [0.717, 1.165) is 10.9 Å². The van der Waals surface area contributed by atoms with Gasteiger partial charge in [0.2, 0.25) is 0 Å². The van der Waals surface area contributed by atoms with E-state index < -0.39 is 0 Å². The Kier molecular flexibility index (Phi) is 5.64. The van der Waals surface area contributed by atoms with Crippen LogP contribution in [-0.2, 0) is 6.42 Å². The molecule has 0 spiro atoms. The van der Waals surface area contributed by atoms with Crippen LogP contribution in [0.4, 0.5) is 0 Å². The second-order valence-electron chi connectivity index (χ2n) is 7.50. The van der Waals surface area contributed by atoms with E-state index in [2.05, 4.69) is 87.1 Å². The highest BCUT2D eigenvalue weighted by molar-refractivity contribution is 9.10. The number of rotatable bonds is 5. The maximum absolute atomic E-state index is 3.76. The van der Waals surface area contributed by atoms with Crippen molar-refractivity contribution in [1.29, 1.82) is 0 Å². The quantitative estimate of drug-likeness (QED) is 0.786. The normalized spacial score (nSPS) is 14.5. The van der Waals surface area contributed by atoms with Crippen molar-refractivity contribution in [3.8, 4) is 0 Å². The van der Waals surface area contributed by atoms with Gasteiger partial charge in [0, 0.05) is 16.1 Å². The summed E-state index contributed by atoms with van der Waals surface area (Å²) in [7, 11) is 0.